The normalized spacial score (nSPS) is 26.1. The van der Waals surface area contributed by atoms with Crippen molar-refractivity contribution in [1.82, 2.24) is 0 Å². The van der Waals surface area contributed by atoms with Gasteiger partial charge in [0.05, 0.1) is 24.0 Å². The summed E-state index contributed by atoms with van der Waals surface area (Å²) in [4.78, 5) is 26.2. The fourth-order valence-corrected chi connectivity index (χ4v) is 4.86. The van der Waals surface area contributed by atoms with Crippen LogP contribution in [0.15, 0.2) is 54.6 Å². The van der Waals surface area contributed by atoms with E-state index < -0.39 is 10.8 Å². The smallest absolute Gasteiger partial charge is 0.312 e. The summed E-state index contributed by atoms with van der Waals surface area (Å²) in [5.41, 5.74) is 1.48. The number of benzene rings is 2. The molecule has 0 radical (unpaired) electrons. The van der Waals surface area contributed by atoms with Crippen molar-refractivity contribution < 1.29 is 19.1 Å². The first-order valence-electron chi connectivity index (χ1n) is 10.4. The van der Waals surface area contributed by atoms with Crippen LogP contribution in [0.3, 0.4) is 0 Å². The number of carbonyl (C=O) groups is 2. The Labute approximate surface area is 173 Å². The molecule has 29 heavy (non-hydrogen) atoms. The lowest BCUT2D eigenvalue weighted by Crippen LogP contribution is -2.41. The van der Waals surface area contributed by atoms with E-state index in [1.807, 2.05) is 64.1 Å². The van der Waals surface area contributed by atoms with Crippen LogP contribution in [0.2, 0.25) is 0 Å². The van der Waals surface area contributed by atoms with Crippen LogP contribution in [-0.4, -0.2) is 25.2 Å². The van der Waals surface area contributed by atoms with Crippen LogP contribution in [0.25, 0.3) is 11.1 Å². The first-order chi connectivity index (χ1) is 13.9. The summed E-state index contributed by atoms with van der Waals surface area (Å²) in [5.74, 6) is -0.841. The van der Waals surface area contributed by atoms with Crippen molar-refractivity contribution in [2.75, 3.05) is 13.2 Å². The molecule has 2 unspecified atom stereocenters. The fraction of sp³-hybridized carbons (Fsp3) is 0.440. The van der Waals surface area contributed by atoms with Gasteiger partial charge in [0.25, 0.3) is 0 Å². The predicted octanol–water partition coefficient (Wildman–Crippen LogP) is 5.37. The van der Waals surface area contributed by atoms with Crippen molar-refractivity contribution >= 4 is 11.9 Å². The number of ether oxygens (including phenoxy) is 2. The molecule has 0 spiro atoms. The van der Waals surface area contributed by atoms with Gasteiger partial charge in [0.15, 0.2) is 0 Å². The van der Waals surface area contributed by atoms with E-state index in [0.717, 1.165) is 16.7 Å². The van der Waals surface area contributed by atoms with Crippen molar-refractivity contribution in [3.8, 4) is 11.1 Å². The molecule has 4 heteroatoms. The molecule has 0 bridgehead atoms. The molecule has 2 atom stereocenters. The first kappa shape index (κ1) is 21.1. The molecule has 0 heterocycles. The Balaban J connectivity index is 2.20. The van der Waals surface area contributed by atoms with Gasteiger partial charge >= 0.3 is 11.9 Å². The average molecular weight is 395 g/mol. The molecule has 0 saturated heterocycles. The van der Waals surface area contributed by atoms with E-state index in [4.69, 9.17) is 9.47 Å². The topological polar surface area (TPSA) is 52.6 Å². The lowest BCUT2D eigenvalue weighted by Gasteiger charge is -2.38. The highest BCUT2D eigenvalue weighted by Gasteiger charge is 2.61. The third kappa shape index (κ3) is 3.68. The largest absolute Gasteiger partial charge is 0.466 e. The van der Waals surface area contributed by atoms with Gasteiger partial charge in [-0.25, -0.2) is 0 Å². The average Bonchev–Trinajstić information content (AvgIpc) is 3.02. The Hall–Kier alpha value is -2.62. The van der Waals surface area contributed by atoms with Gasteiger partial charge in [-0.15, -0.1) is 0 Å². The van der Waals surface area contributed by atoms with E-state index in [9.17, 15) is 9.59 Å². The monoisotopic (exact) mass is 394 g/mol. The summed E-state index contributed by atoms with van der Waals surface area (Å²) in [5, 5.41) is 0. The second kappa shape index (κ2) is 8.40. The number of hydrogen-bond acceptors (Lipinski definition) is 4. The Kier molecular flexibility index (Phi) is 6.11. The van der Waals surface area contributed by atoms with E-state index in [1.165, 1.54) is 0 Å². The maximum absolute atomic E-state index is 13.1. The van der Waals surface area contributed by atoms with Crippen LogP contribution in [-0.2, 0) is 19.1 Å². The number of hydrogen-bond donors (Lipinski definition) is 0. The fourth-order valence-electron chi connectivity index (χ4n) is 4.86. The molecule has 154 valence electrons. The molecule has 2 aromatic rings. The molecule has 1 aliphatic carbocycles. The maximum atomic E-state index is 13.1. The van der Waals surface area contributed by atoms with E-state index in [-0.39, 0.29) is 17.9 Å². The van der Waals surface area contributed by atoms with Crippen molar-refractivity contribution in [2.24, 2.45) is 10.8 Å². The van der Waals surface area contributed by atoms with Gasteiger partial charge in [0.1, 0.15) is 0 Å². The predicted molar refractivity (Wildman–Crippen MR) is 113 cm³/mol. The van der Waals surface area contributed by atoms with E-state index in [1.54, 1.807) is 0 Å². The molecule has 1 aliphatic rings. The van der Waals surface area contributed by atoms with Crippen LogP contribution >= 0.6 is 0 Å². The number of esters is 2. The zero-order valence-electron chi connectivity index (χ0n) is 17.7. The van der Waals surface area contributed by atoms with Crippen LogP contribution in [0.1, 0.15) is 52.0 Å². The second-order valence-corrected chi connectivity index (χ2v) is 8.16. The second-order valence-electron chi connectivity index (χ2n) is 8.16. The molecule has 4 nitrogen and oxygen atoms in total. The summed E-state index contributed by atoms with van der Waals surface area (Å²) in [7, 11) is 0. The Morgan fingerprint density at radius 1 is 0.828 bits per heavy atom. The van der Waals surface area contributed by atoms with Gasteiger partial charge in [0, 0.05) is 5.92 Å². The van der Waals surface area contributed by atoms with Gasteiger partial charge in [-0.2, -0.15) is 0 Å². The summed E-state index contributed by atoms with van der Waals surface area (Å²) in [6, 6.07) is 18.1. The number of carbonyl (C=O) groups excluding carboxylic acids is 2. The lowest BCUT2D eigenvalue weighted by atomic mass is 9.65. The lowest BCUT2D eigenvalue weighted by molar-refractivity contribution is -0.160. The van der Waals surface area contributed by atoms with Crippen LogP contribution in [0.4, 0.5) is 0 Å². The summed E-state index contributed by atoms with van der Waals surface area (Å²) in [6.07, 6.45) is 1.16. The SMILES string of the molecule is CCOC(=O)C1(C)CCC(C)(C(=O)OCC)C1c1ccccc1-c1ccccc1. The molecule has 1 saturated carbocycles. The Morgan fingerprint density at radius 2 is 1.31 bits per heavy atom. The Bertz CT molecular complexity index is 843. The van der Waals surface area contributed by atoms with Gasteiger partial charge in [-0.1, -0.05) is 54.6 Å². The maximum Gasteiger partial charge on any atom is 0.312 e. The first-order valence-corrected chi connectivity index (χ1v) is 10.4. The zero-order chi connectivity index (χ0) is 21.1. The third-order valence-electron chi connectivity index (χ3n) is 6.28. The van der Waals surface area contributed by atoms with Crippen LogP contribution in [0, 0.1) is 10.8 Å². The summed E-state index contributed by atoms with van der Waals surface area (Å²) >= 11 is 0. The highest BCUT2D eigenvalue weighted by Crippen LogP contribution is 2.61. The molecule has 2 aromatic carbocycles. The molecule has 0 amide bonds. The highest BCUT2D eigenvalue weighted by atomic mass is 16.5. The molecule has 0 aliphatic heterocycles. The molecular formula is C25H30O4. The molecule has 1 fully saturated rings. The summed E-state index contributed by atoms with van der Waals surface area (Å²) < 4.78 is 10.9. The van der Waals surface area contributed by atoms with Crippen molar-refractivity contribution in [2.45, 2.75) is 46.5 Å². The van der Waals surface area contributed by atoms with Crippen LogP contribution < -0.4 is 0 Å². The minimum Gasteiger partial charge on any atom is -0.466 e. The standard InChI is InChI=1S/C25H30O4/c1-5-28-22(26)24(3)16-17-25(4,23(27)29-6-2)21(24)20-15-11-10-14-19(20)18-12-8-7-9-13-18/h7-15,21H,5-6,16-17H2,1-4H3. The van der Waals surface area contributed by atoms with Crippen molar-refractivity contribution in [1.29, 1.82) is 0 Å². The quantitative estimate of drug-likeness (QED) is 0.618. The highest BCUT2D eigenvalue weighted by molar-refractivity contribution is 5.86. The molecule has 3 rings (SSSR count). The van der Waals surface area contributed by atoms with Gasteiger partial charge in [-0.3, -0.25) is 9.59 Å². The minimum atomic E-state index is -0.803. The zero-order valence-corrected chi connectivity index (χ0v) is 17.7. The van der Waals surface area contributed by atoms with E-state index in [2.05, 4.69) is 18.2 Å². The van der Waals surface area contributed by atoms with Gasteiger partial charge in [-0.05, 0) is 57.2 Å². The molecule has 0 aromatic heterocycles. The number of rotatable bonds is 6. The van der Waals surface area contributed by atoms with E-state index >= 15 is 0 Å². The van der Waals surface area contributed by atoms with Crippen molar-refractivity contribution in [3.63, 3.8) is 0 Å². The molecular weight excluding hydrogens is 364 g/mol. The van der Waals surface area contributed by atoms with Gasteiger partial charge < -0.3 is 9.47 Å². The van der Waals surface area contributed by atoms with Crippen molar-refractivity contribution in [3.05, 3.63) is 60.2 Å². The molecule has 0 N–H and O–H groups in total. The minimum absolute atomic E-state index is 0.249. The third-order valence-corrected chi connectivity index (χ3v) is 6.28. The summed E-state index contributed by atoms with van der Waals surface area (Å²) in [6.45, 7) is 8.13. The van der Waals surface area contributed by atoms with Gasteiger partial charge in [0.2, 0.25) is 0 Å². The van der Waals surface area contributed by atoms with Crippen LogP contribution in [0.5, 0.6) is 0 Å². The van der Waals surface area contributed by atoms with E-state index in [0.29, 0.717) is 26.1 Å². The Morgan fingerprint density at radius 3 is 1.83 bits per heavy atom.